The molecule has 1 heterocycles. The van der Waals surface area contributed by atoms with Gasteiger partial charge < -0.3 is 10.5 Å². The van der Waals surface area contributed by atoms with E-state index in [1.165, 1.54) is 0 Å². The lowest BCUT2D eigenvalue weighted by Crippen LogP contribution is -1.98. The van der Waals surface area contributed by atoms with E-state index in [2.05, 4.69) is 5.10 Å². The van der Waals surface area contributed by atoms with Crippen molar-refractivity contribution in [1.82, 2.24) is 9.78 Å². The van der Waals surface area contributed by atoms with E-state index in [1.54, 1.807) is 37.2 Å². The van der Waals surface area contributed by atoms with Crippen molar-refractivity contribution in [3.8, 4) is 16.9 Å². The number of rotatable bonds is 2. The minimum atomic E-state index is 0.443. The zero-order valence-electron chi connectivity index (χ0n) is 9.37. The second-order valence-corrected chi connectivity index (χ2v) is 4.38. The van der Waals surface area contributed by atoms with Crippen LogP contribution >= 0.6 is 23.2 Å². The molecule has 2 aromatic rings. The molecule has 1 aromatic heterocycles. The minimum Gasteiger partial charge on any atom is -0.495 e. The average Bonchev–Trinajstić information content (AvgIpc) is 2.59. The van der Waals surface area contributed by atoms with Gasteiger partial charge in [0.1, 0.15) is 11.6 Å². The SMILES string of the molecule is COc1c(Cl)cc(Cl)cc1-c1cnn(C)c1N. The van der Waals surface area contributed by atoms with Gasteiger partial charge in [0.25, 0.3) is 0 Å². The second kappa shape index (κ2) is 4.47. The van der Waals surface area contributed by atoms with Crippen LogP contribution in [0.3, 0.4) is 0 Å². The minimum absolute atomic E-state index is 0.443. The fourth-order valence-corrected chi connectivity index (χ4v) is 2.19. The maximum atomic E-state index is 6.07. The topological polar surface area (TPSA) is 53.1 Å². The first-order valence-corrected chi connectivity index (χ1v) is 5.61. The van der Waals surface area contributed by atoms with E-state index < -0.39 is 0 Å². The first kappa shape index (κ1) is 12.1. The third-order valence-corrected chi connectivity index (χ3v) is 2.99. The molecule has 0 aliphatic carbocycles. The van der Waals surface area contributed by atoms with Gasteiger partial charge in [-0.05, 0) is 12.1 Å². The van der Waals surface area contributed by atoms with Crippen molar-refractivity contribution in [2.24, 2.45) is 7.05 Å². The number of nitrogens with zero attached hydrogens (tertiary/aromatic N) is 2. The molecule has 0 aliphatic heterocycles. The van der Waals surface area contributed by atoms with Gasteiger partial charge in [-0.2, -0.15) is 5.10 Å². The smallest absolute Gasteiger partial charge is 0.145 e. The van der Waals surface area contributed by atoms with Crippen LogP contribution in [0.4, 0.5) is 5.82 Å². The average molecular weight is 272 g/mol. The fourth-order valence-electron chi connectivity index (χ4n) is 1.62. The second-order valence-electron chi connectivity index (χ2n) is 3.54. The Hall–Kier alpha value is -1.39. The Morgan fingerprint density at radius 2 is 2.00 bits per heavy atom. The standard InChI is InChI=1S/C11H11Cl2N3O/c1-16-11(14)8(5-15-16)7-3-6(12)4-9(13)10(7)17-2/h3-5H,14H2,1-2H3. The third kappa shape index (κ3) is 2.06. The number of aryl methyl sites for hydroxylation is 1. The fraction of sp³-hybridized carbons (Fsp3) is 0.182. The molecule has 0 fully saturated rings. The van der Waals surface area contributed by atoms with Crippen LogP contribution in [0.15, 0.2) is 18.3 Å². The summed E-state index contributed by atoms with van der Waals surface area (Å²) in [5.74, 6) is 1.07. The number of hydrogen-bond donors (Lipinski definition) is 1. The van der Waals surface area contributed by atoms with Gasteiger partial charge in [-0.3, -0.25) is 4.68 Å². The quantitative estimate of drug-likeness (QED) is 0.914. The van der Waals surface area contributed by atoms with E-state index in [-0.39, 0.29) is 0 Å². The Bertz CT molecular complexity index is 566. The largest absolute Gasteiger partial charge is 0.495 e. The highest BCUT2D eigenvalue weighted by atomic mass is 35.5. The molecule has 0 unspecified atom stereocenters. The molecule has 2 rings (SSSR count). The normalized spacial score (nSPS) is 10.6. The molecule has 1 aromatic carbocycles. The van der Waals surface area contributed by atoms with Gasteiger partial charge >= 0.3 is 0 Å². The third-order valence-electron chi connectivity index (χ3n) is 2.49. The number of benzene rings is 1. The van der Waals surface area contributed by atoms with Crippen molar-refractivity contribution in [1.29, 1.82) is 0 Å². The van der Waals surface area contributed by atoms with Crippen LogP contribution < -0.4 is 10.5 Å². The Labute approximate surface area is 109 Å². The molecule has 17 heavy (non-hydrogen) atoms. The van der Waals surface area contributed by atoms with Crippen LogP contribution in [0.5, 0.6) is 5.75 Å². The van der Waals surface area contributed by atoms with E-state index in [9.17, 15) is 0 Å². The Kier molecular flexibility index (Phi) is 3.17. The molecule has 0 aliphatic rings. The van der Waals surface area contributed by atoms with Crippen molar-refractivity contribution in [2.45, 2.75) is 0 Å². The predicted octanol–water partition coefficient (Wildman–Crippen LogP) is 2.98. The van der Waals surface area contributed by atoms with Gasteiger partial charge in [-0.1, -0.05) is 23.2 Å². The van der Waals surface area contributed by atoms with E-state index in [0.717, 1.165) is 11.1 Å². The number of aromatic nitrogens is 2. The molecular formula is C11H11Cl2N3O. The van der Waals surface area contributed by atoms with Crippen molar-refractivity contribution in [3.05, 3.63) is 28.4 Å². The van der Waals surface area contributed by atoms with Crippen LogP contribution in [-0.2, 0) is 7.05 Å². The van der Waals surface area contributed by atoms with Crippen LogP contribution in [0, 0.1) is 0 Å². The Balaban J connectivity index is 2.70. The molecule has 0 amide bonds. The molecule has 4 nitrogen and oxygen atoms in total. The molecule has 2 N–H and O–H groups in total. The maximum absolute atomic E-state index is 6.07. The lowest BCUT2D eigenvalue weighted by Gasteiger charge is -2.10. The first-order valence-electron chi connectivity index (χ1n) is 4.85. The number of nitrogens with two attached hydrogens (primary N) is 1. The first-order chi connectivity index (χ1) is 8.04. The number of ether oxygens (including phenoxy) is 1. The van der Waals surface area contributed by atoms with E-state index >= 15 is 0 Å². The number of nitrogen functional groups attached to an aromatic ring is 1. The van der Waals surface area contributed by atoms with E-state index in [0.29, 0.717) is 21.6 Å². The number of hydrogen-bond acceptors (Lipinski definition) is 3. The van der Waals surface area contributed by atoms with Gasteiger partial charge in [-0.15, -0.1) is 0 Å². The highest BCUT2D eigenvalue weighted by Crippen LogP contribution is 2.40. The van der Waals surface area contributed by atoms with Gasteiger partial charge in [0, 0.05) is 23.2 Å². The Morgan fingerprint density at radius 3 is 2.53 bits per heavy atom. The highest BCUT2D eigenvalue weighted by molar-refractivity contribution is 6.36. The molecule has 0 bridgehead atoms. The highest BCUT2D eigenvalue weighted by Gasteiger charge is 2.16. The Morgan fingerprint density at radius 1 is 1.29 bits per heavy atom. The summed E-state index contributed by atoms with van der Waals surface area (Å²) in [6, 6.07) is 3.37. The summed E-state index contributed by atoms with van der Waals surface area (Å²) in [6.45, 7) is 0. The summed E-state index contributed by atoms with van der Waals surface area (Å²) >= 11 is 12.0. The van der Waals surface area contributed by atoms with Crippen LogP contribution in [0.25, 0.3) is 11.1 Å². The predicted molar refractivity (Wildman–Crippen MR) is 69.6 cm³/mol. The summed E-state index contributed by atoms with van der Waals surface area (Å²) < 4.78 is 6.84. The van der Waals surface area contributed by atoms with Crippen molar-refractivity contribution in [2.75, 3.05) is 12.8 Å². The molecular weight excluding hydrogens is 261 g/mol. The monoisotopic (exact) mass is 271 g/mol. The number of methoxy groups -OCH3 is 1. The molecule has 0 radical (unpaired) electrons. The molecule has 0 atom stereocenters. The lowest BCUT2D eigenvalue weighted by molar-refractivity contribution is 0.416. The summed E-state index contributed by atoms with van der Waals surface area (Å²) in [7, 11) is 3.31. The van der Waals surface area contributed by atoms with Crippen LogP contribution in [-0.4, -0.2) is 16.9 Å². The van der Waals surface area contributed by atoms with Gasteiger partial charge in [0.2, 0.25) is 0 Å². The van der Waals surface area contributed by atoms with Crippen LogP contribution in [0.1, 0.15) is 0 Å². The summed E-state index contributed by atoms with van der Waals surface area (Å²) in [4.78, 5) is 0. The summed E-state index contributed by atoms with van der Waals surface area (Å²) in [5.41, 5.74) is 7.39. The maximum Gasteiger partial charge on any atom is 0.145 e. The number of halogens is 2. The van der Waals surface area contributed by atoms with Gasteiger partial charge in [0.15, 0.2) is 0 Å². The van der Waals surface area contributed by atoms with Gasteiger partial charge in [0.05, 0.1) is 18.3 Å². The van der Waals surface area contributed by atoms with Gasteiger partial charge in [-0.25, -0.2) is 0 Å². The zero-order valence-corrected chi connectivity index (χ0v) is 10.9. The molecule has 0 spiro atoms. The summed E-state index contributed by atoms with van der Waals surface area (Å²) in [6.07, 6.45) is 1.65. The summed E-state index contributed by atoms with van der Waals surface area (Å²) in [5, 5.41) is 5.04. The molecule has 6 heteroatoms. The van der Waals surface area contributed by atoms with Crippen LogP contribution in [0.2, 0.25) is 10.0 Å². The van der Waals surface area contributed by atoms with E-state index in [1.807, 2.05) is 0 Å². The lowest BCUT2D eigenvalue weighted by atomic mass is 10.1. The zero-order chi connectivity index (χ0) is 12.6. The number of anilines is 1. The van der Waals surface area contributed by atoms with Crippen molar-refractivity contribution < 1.29 is 4.74 Å². The van der Waals surface area contributed by atoms with Crippen molar-refractivity contribution >= 4 is 29.0 Å². The van der Waals surface area contributed by atoms with Crippen molar-refractivity contribution in [3.63, 3.8) is 0 Å². The molecule has 0 saturated heterocycles. The molecule has 0 saturated carbocycles. The molecule has 90 valence electrons. The van der Waals surface area contributed by atoms with E-state index in [4.69, 9.17) is 33.7 Å².